The fourth-order valence-corrected chi connectivity index (χ4v) is 5.97. The average molecular weight is 447 g/mol. The largest absolute Gasteiger partial charge is 0.387 e. The van der Waals surface area contributed by atoms with E-state index in [1.165, 1.54) is 30.5 Å². The van der Waals surface area contributed by atoms with Gasteiger partial charge in [-0.3, -0.25) is 4.98 Å². The van der Waals surface area contributed by atoms with Gasteiger partial charge < -0.3 is 5.11 Å². The summed E-state index contributed by atoms with van der Waals surface area (Å²) in [6.07, 6.45) is 1.90. The summed E-state index contributed by atoms with van der Waals surface area (Å²) in [7, 11) is -7.96. The van der Waals surface area contributed by atoms with Gasteiger partial charge in [0.05, 0.1) is 20.8 Å². The van der Waals surface area contributed by atoms with E-state index in [9.17, 15) is 21.9 Å². The Kier molecular flexibility index (Phi) is 6.37. The number of aryl methyl sites for hydroxylation is 2. The van der Waals surface area contributed by atoms with Crippen molar-refractivity contribution in [2.75, 3.05) is 6.54 Å². The molecule has 0 radical (unpaired) electrons. The summed E-state index contributed by atoms with van der Waals surface area (Å²) in [5, 5.41) is 10.2. The number of aliphatic hydroxyl groups excluding tert-OH is 1. The van der Waals surface area contributed by atoms with Crippen LogP contribution in [0.3, 0.4) is 0 Å². The first-order valence-corrected chi connectivity index (χ1v) is 12.1. The Hall–Kier alpha value is -2.59. The van der Waals surface area contributed by atoms with Gasteiger partial charge in [0.1, 0.15) is 0 Å². The highest BCUT2D eigenvalue weighted by molar-refractivity contribution is 7.91. The Bertz CT molecular complexity index is 1240. The van der Waals surface area contributed by atoms with Crippen molar-refractivity contribution in [1.82, 2.24) is 9.71 Å². The van der Waals surface area contributed by atoms with Gasteiger partial charge in [-0.2, -0.15) is 0 Å². The van der Waals surface area contributed by atoms with Crippen LogP contribution in [0.15, 0.2) is 81.7 Å². The van der Waals surface area contributed by atoms with Crippen LogP contribution < -0.4 is 4.72 Å². The molecular weight excluding hydrogens is 424 g/mol. The zero-order chi connectivity index (χ0) is 21.9. The monoisotopic (exact) mass is 446 g/mol. The lowest BCUT2D eigenvalue weighted by atomic mass is 10.2. The molecule has 3 aromatic rings. The molecule has 1 heterocycles. The lowest BCUT2D eigenvalue weighted by Gasteiger charge is -2.16. The first-order chi connectivity index (χ1) is 14.1. The number of sulfonamides is 1. The van der Waals surface area contributed by atoms with E-state index in [0.717, 1.165) is 0 Å². The van der Waals surface area contributed by atoms with Crippen molar-refractivity contribution in [3.8, 4) is 0 Å². The molecule has 1 atom stereocenters. The molecule has 0 bridgehead atoms. The Labute approximate surface area is 176 Å². The van der Waals surface area contributed by atoms with Gasteiger partial charge in [0.15, 0.2) is 0 Å². The summed E-state index contributed by atoms with van der Waals surface area (Å²) in [4.78, 5) is 3.75. The third kappa shape index (κ3) is 4.59. The van der Waals surface area contributed by atoms with Crippen LogP contribution in [0.4, 0.5) is 0 Å². The molecule has 1 aromatic heterocycles. The average Bonchev–Trinajstić information content (AvgIpc) is 2.73. The predicted octanol–water partition coefficient (Wildman–Crippen LogP) is 2.54. The fourth-order valence-electron chi connectivity index (χ4n) is 3.08. The van der Waals surface area contributed by atoms with Crippen LogP contribution in [0.5, 0.6) is 0 Å². The number of nitrogens with one attached hydrogen (secondary N) is 1. The van der Waals surface area contributed by atoms with Crippen molar-refractivity contribution >= 4 is 19.9 Å². The van der Waals surface area contributed by atoms with Crippen molar-refractivity contribution in [1.29, 1.82) is 0 Å². The molecular formula is C21H22N2O5S2. The quantitative estimate of drug-likeness (QED) is 0.577. The Morgan fingerprint density at radius 1 is 0.933 bits per heavy atom. The van der Waals surface area contributed by atoms with Gasteiger partial charge in [-0.15, -0.1) is 0 Å². The molecule has 0 saturated heterocycles. The second kappa shape index (κ2) is 8.65. The van der Waals surface area contributed by atoms with Crippen LogP contribution in [0.25, 0.3) is 0 Å². The molecule has 0 aliphatic carbocycles. The molecule has 9 heteroatoms. The minimum absolute atomic E-state index is 0.0764. The van der Waals surface area contributed by atoms with Gasteiger partial charge in [-0.1, -0.05) is 30.3 Å². The highest BCUT2D eigenvalue weighted by atomic mass is 32.2. The molecule has 0 fully saturated rings. The molecule has 1 unspecified atom stereocenters. The number of hydrogen-bond donors (Lipinski definition) is 2. The predicted molar refractivity (Wildman–Crippen MR) is 112 cm³/mol. The second-order valence-corrected chi connectivity index (χ2v) is 10.5. The first-order valence-electron chi connectivity index (χ1n) is 9.12. The number of rotatable bonds is 7. The van der Waals surface area contributed by atoms with Crippen LogP contribution in [0.2, 0.25) is 0 Å². The second-order valence-electron chi connectivity index (χ2n) is 6.85. The molecule has 0 aliphatic heterocycles. The number of hydrogen-bond acceptors (Lipinski definition) is 6. The topological polar surface area (TPSA) is 113 Å². The van der Waals surface area contributed by atoms with E-state index in [-0.39, 0.29) is 21.2 Å². The maximum Gasteiger partial charge on any atom is 0.240 e. The van der Waals surface area contributed by atoms with Gasteiger partial charge in [-0.05, 0) is 49.2 Å². The molecule has 0 saturated carbocycles. The summed E-state index contributed by atoms with van der Waals surface area (Å²) >= 11 is 0. The minimum atomic E-state index is -4.07. The molecule has 3 rings (SSSR count). The number of aliphatic hydroxyl groups is 1. The van der Waals surface area contributed by atoms with E-state index in [1.807, 2.05) is 0 Å². The Balaban J connectivity index is 1.95. The number of benzene rings is 2. The van der Waals surface area contributed by atoms with Crippen LogP contribution in [0, 0.1) is 13.8 Å². The van der Waals surface area contributed by atoms with Crippen LogP contribution >= 0.6 is 0 Å². The lowest BCUT2D eigenvalue weighted by Crippen LogP contribution is -2.29. The number of nitrogens with zero attached hydrogens (tertiary/aromatic N) is 1. The van der Waals surface area contributed by atoms with Crippen molar-refractivity contribution in [2.45, 2.75) is 34.6 Å². The zero-order valence-corrected chi connectivity index (χ0v) is 18.1. The summed E-state index contributed by atoms with van der Waals surface area (Å²) in [5.74, 6) is 0. The highest BCUT2D eigenvalue weighted by Crippen LogP contribution is 2.28. The van der Waals surface area contributed by atoms with E-state index in [4.69, 9.17) is 0 Å². The highest BCUT2D eigenvalue weighted by Gasteiger charge is 2.26. The standard InChI is InChI=1S/C21H22N2O5S2/c1-15-11-16(2)21(12-20(15)29(25,26)18-8-4-3-5-9-18)30(27,28)23-14-19(24)17-7-6-10-22-13-17/h3-13,19,23-24H,14H2,1-2H3. The van der Waals surface area contributed by atoms with E-state index >= 15 is 0 Å². The van der Waals surface area contributed by atoms with Gasteiger partial charge in [0, 0.05) is 24.5 Å². The molecule has 158 valence electrons. The van der Waals surface area contributed by atoms with Gasteiger partial charge in [0.2, 0.25) is 19.9 Å². The normalized spacial score (nSPS) is 13.2. The van der Waals surface area contributed by atoms with Crippen LogP contribution in [-0.4, -0.2) is 33.5 Å². The lowest BCUT2D eigenvalue weighted by molar-refractivity contribution is 0.181. The summed E-state index contributed by atoms with van der Waals surface area (Å²) < 4.78 is 54.2. The SMILES string of the molecule is Cc1cc(C)c(S(=O)(=O)c2ccccc2)cc1S(=O)(=O)NCC(O)c1cccnc1. The first kappa shape index (κ1) is 22.1. The molecule has 0 amide bonds. The van der Waals surface area contributed by atoms with Crippen molar-refractivity contribution in [2.24, 2.45) is 0 Å². The van der Waals surface area contributed by atoms with E-state index in [2.05, 4.69) is 9.71 Å². The maximum atomic E-state index is 13.0. The molecule has 2 aromatic carbocycles. The molecule has 0 aliphatic rings. The fraction of sp³-hybridized carbons (Fsp3) is 0.190. The number of aromatic nitrogens is 1. The van der Waals surface area contributed by atoms with Crippen LogP contribution in [-0.2, 0) is 19.9 Å². The smallest absolute Gasteiger partial charge is 0.240 e. The Morgan fingerprint density at radius 3 is 2.23 bits per heavy atom. The zero-order valence-electron chi connectivity index (χ0n) is 16.5. The number of pyridine rings is 1. The van der Waals surface area contributed by atoms with Gasteiger partial charge >= 0.3 is 0 Å². The molecule has 30 heavy (non-hydrogen) atoms. The number of sulfone groups is 1. The molecule has 0 spiro atoms. The summed E-state index contributed by atoms with van der Waals surface area (Å²) in [6.45, 7) is 2.94. The maximum absolute atomic E-state index is 13.0. The third-order valence-electron chi connectivity index (χ3n) is 4.64. The molecule has 2 N–H and O–H groups in total. The third-order valence-corrected chi connectivity index (χ3v) is 8.12. The summed E-state index contributed by atoms with van der Waals surface area (Å²) in [5.41, 5.74) is 1.32. The Morgan fingerprint density at radius 2 is 1.60 bits per heavy atom. The van der Waals surface area contributed by atoms with E-state index in [1.54, 1.807) is 50.4 Å². The summed E-state index contributed by atoms with van der Waals surface area (Å²) in [6, 6.07) is 13.8. The molecule has 7 nitrogen and oxygen atoms in total. The van der Waals surface area contributed by atoms with Crippen molar-refractivity contribution < 1.29 is 21.9 Å². The van der Waals surface area contributed by atoms with Crippen LogP contribution in [0.1, 0.15) is 22.8 Å². The van der Waals surface area contributed by atoms with Crippen molar-refractivity contribution in [3.63, 3.8) is 0 Å². The van der Waals surface area contributed by atoms with Crippen molar-refractivity contribution in [3.05, 3.63) is 83.7 Å². The van der Waals surface area contributed by atoms with E-state index < -0.39 is 26.0 Å². The van der Waals surface area contributed by atoms with E-state index in [0.29, 0.717) is 16.7 Å². The minimum Gasteiger partial charge on any atom is -0.387 e. The van der Waals surface area contributed by atoms with Gasteiger partial charge in [0.25, 0.3) is 0 Å². The van der Waals surface area contributed by atoms with Gasteiger partial charge in [-0.25, -0.2) is 21.6 Å².